The lowest BCUT2D eigenvalue weighted by atomic mass is 10.1. The van der Waals surface area contributed by atoms with Gasteiger partial charge in [0.15, 0.2) is 0 Å². The number of pyridine rings is 1. The molecule has 1 aliphatic rings. The fraction of sp³-hybridized carbons (Fsp3) is 0.600. The number of thioether (sulfide) groups is 1. The molecular weight excluding hydrogens is 272 g/mol. The summed E-state index contributed by atoms with van der Waals surface area (Å²) >= 11 is 1.68. The first-order valence-electron chi connectivity index (χ1n) is 7.16. The summed E-state index contributed by atoms with van der Waals surface area (Å²) in [4.78, 5) is 18.2. The maximum atomic E-state index is 12.0. The molecule has 0 unspecified atom stereocenters. The predicted octanol–water partition coefficient (Wildman–Crippen LogP) is 2.34. The minimum atomic E-state index is 0.140. The monoisotopic (exact) mass is 294 g/mol. The van der Waals surface area contributed by atoms with Crippen LogP contribution in [-0.4, -0.2) is 46.5 Å². The second-order valence-corrected chi connectivity index (χ2v) is 6.15. The van der Waals surface area contributed by atoms with Crippen LogP contribution >= 0.6 is 11.8 Å². The van der Waals surface area contributed by atoms with Crippen LogP contribution in [0, 0.1) is 0 Å². The fourth-order valence-corrected chi connectivity index (χ4v) is 2.83. The SMILES string of the molecule is CCSCC(=O)N1CCC[C@@H](OCc2ccccn2)C1. The summed E-state index contributed by atoms with van der Waals surface area (Å²) in [7, 11) is 0. The standard InChI is InChI=1S/C15H22N2O2S/c1-2-20-12-15(18)17-9-5-7-14(10-17)19-11-13-6-3-4-8-16-13/h3-4,6,8,14H,2,5,7,9-12H2,1H3/t14-/m1/s1. The van der Waals surface area contributed by atoms with Gasteiger partial charge in [-0.15, -0.1) is 0 Å². The first kappa shape index (κ1) is 15.3. The molecule has 1 fully saturated rings. The molecular formula is C15H22N2O2S. The van der Waals surface area contributed by atoms with Crippen molar-refractivity contribution in [2.24, 2.45) is 0 Å². The highest BCUT2D eigenvalue weighted by molar-refractivity contribution is 7.99. The van der Waals surface area contributed by atoms with Gasteiger partial charge in [0.05, 0.1) is 24.2 Å². The van der Waals surface area contributed by atoms with Gasteiger partial charge < -0.3 is 9.64 Å². The van der Waals surface area contributed by atoms with E-state index in [1.165, 1.54) is 0 Å². The van der Waals surface area contributed by atoms with Gasteiger partial charge in [0.2, 0.25) is 5.91 Å². The molecule has 2 rings (SSSR count). The molecule has 5 heteroatoms. The Morgan fingerprint density at radius 3 is 3.20 bits per heavy atom. The van der Waals surface area contributed by atoms with Crippen molar-refractivity contribution < 1.29 is 9.53 Å². The van der Waals surface area contributed by atoms with E-state index in [2.05, 4.69) is 11.9 Å². The van der Waals surface area contributed by atoms with Crippen molar-refractivity contribution in [3.05, 3.63) is 30.1 Å². The summed E-state index contributed by atoms with van der Waals surface area (Å²) in [5.41, 5.74) is 0.942. The largest absolute Gasteiger partial charge is 0.370 e. The first-order valence-corrected chi connectivity index (χ1v) is 8.32. The van der Waals surface area contributed by atoms with Gasteiger partial charge in [0, 0.05) is 19.3 Å². The van der Waals surface area contributed by atoms with Gasteiger partial charge in [-0.2, -0.15) is 11.8 Å². The van der Waals surface area contributed by atoms with E-state index in [0.717, 1.165) is 37.4 Å². The Balaban J connectivity index is 1.77. The van der Waals surface area contributed by atoms with E-state index in [9.17, 15) is 4.79 Å². The number of amides is 1. The van der Waals surface area contributed by atoms with E-state index in [0.29, 0.717) is 12.4 Å². The van der Waals surface area contributed by atoms with E-state index in [1.54, 1.807) is 18.0 Å². The fourth-order valence-electron chi connectivity index (χ4n) is 2.27. The Kier molecular flexibility index (Phi) is 6.33. The van der Waals surface area contributed by atoms with Crippen LogP contribution in [0.4, 0.5) is 0 Å². The van der Waals surface area contributed by atoms with Gasteiger partial charge in [0.25, 0.3) is 0 Å². The second-order valence-electron chi connectivity index (χ2n) is 4.87. The Morgan fingerprint density at radius 1 is 1.55 bits per heavy atom. The maximum Gasteiger partial charge on any atom is 0.232 e. The summed E-state index contributed by atoms with van der Waals surface area (Å²) in [6, 6.07) is 5.82. The average Bonchev–Trinajstić information content (AvgIpc) is 2.52. The lowest BCUT2D eigenvalue weighted by molar-refractivity contribution is -0.132. The van der Waals surface area contributed by atoms with E-state index in [4.69, 9.17) is 4.74 Å². The van der Waals surface area contributed by atoms with Gasteiger partial charge >= 0.3 is 0 Å². The average molecular weight is 294 g/mol. The lowest BCUT2D eigenvalue weighted by Crippen LogP contribution is -2.44. The van der Waals surface area contributed by atoms with Crippen molar-refractivity contribution in [1.29, 1.82) is 0 Å². The van der Waals surface area contributed by atoms with Gasteiger partial charge in [-0.05, 0) is 30.7 Å². The molecule has 0 saturated carbocycles. The molecule has 4 nitrogen and oxygen atoms in total. The van der Waals surface area contributed by atoms with Crippen LogP contribution in [0.5, 0.6) is 0 Å². The number of carbonyl (C=O) groups is 1. The zero-order valence-corrected chi connectivity index (χ0v) is 12.8. The lowest BCUT2D eigenvalue weighted by Gasteiger charge is -2.32. The van der Waals surface area contributed by atoms with Crippen molar-refractivity contribution in [2.45, 2.75) is 32.5 Å². The maximum absolute atomic E-state index is 12.0. The van der Waals surface area contributed by atoms with Crippen LogP contribution < -0.4 is 0 Å². The third-order valence-corrected chi connectivity index (χ3v) is 4.21. The predicted molar refractivity (Wildman–Crippen MR) is 81.6 cm³/mol. The number of aromatic nitrogens is 1. The van der Waals surface area contributed by atoms with Gasteiger partial charge in [-0.25, -0.2) is 0 Å². The highest BCUT2D eigenvalue weighted by Crippen LogP contribution is 2.16. The molecule has 0 bridgehead atoms. The van der Waals surface area contributed by atoms with Crippen LogP contribution in [0.1, 0.15) is 25.5 Å². The molecule has 20 heavy (non-hydrogen) atoms. The zero-order valence-electron chi connectivity index (χ0n) is 12.0. The number of likely N-dealkylation sites (tertiary alicyclic amines) is 1. The number of carbonyl (C=O) groups excluding carboxylic acids is 1. The smallest absolute Gasteiger partial charge is 0.232 e. The Bertz CT molecular complexity index is 414. The third-order valence-electron chi connectivity index (χ3n) is 3.35. The van der Waals surface area contributed by atoms with Crippen molar-refractivity contribution in [1.82, 2.24) is 9.88 Å². The summed E-state index contributed by atoms with van der Waals surface area (Å²) in [6.07, 6.45) is 3.96. The Labute approximate surface area is 124 Å². The van der Waals surface area contributed by atoms with Crippen molar-refractivity contribution in [3.8, 4) is 0 Å². The van der Waals surface area contributed by atoms with Crippen LogP contribution in [0.2, 0.25) is 0 Å². The minimum absolute atomic E-state index is 0.140. The molecule has 1 saturated heterocycles. The molecule has 1 aromatic rings. The van der Waals surface area contributed by atoms with E-state index in [1.807, 2.05) is 23.1 Å². The topological polar surface area (TPSA) is 42.4 Å². The summed E-state index contributed by atoms with van der Waals surface area (Å²) in [6.45, 7) is 4.19. The van der Waals surface area contributed by atoms with Crippen LogP contribution in [0.25, 0.3) is 0 Å². The number of piperidine rings is 1. The molecule has 1 aliphatic heterocycles. The van der Waals surface area contributed by atoms with E-state index in [-0.39, 0.29) is 12.0 Å². The summed E-state index contributed by atoms with van der Waals surface area (Å²) in [5, 5.41) is 0. The highest BCUT2D eigenvalue weighted by atomic mass is 32.2. The van der Waals surface area contributed by atoms with Crippen LogP contribution in [0.15, 0.2) is 24.4 Å². The molecule has 0 radical (unpaired) electrons. The van der Waals surface area contributed by atoms with Crippen LogP contribution in [-0.2, 0) is 16.1 Å². The summed E-state index contributed by atoms with van der Waals surface area (Å²) < 4.78 is 5.89. The number of ether oxygens (including phenoxy) is 1. The van der Waals surface area contributed by atoms with Gasteiger partial charge in [-0.1, -0.05) is 13.0 Å². The van der Waals surface area contributed by atoms with E-state index < -0.39 is 0 Å². The Morgan fingerprint density at radius 2 is 2.45 bits per heavy atom. The van der Waals surface area contributed by atoms with Crippen molar-refractivity contribution >= 4 is 17.7 Å². The first-order chi connectivity index (χ1) is 9.79. The number of nitrogens with zero attached hydrogens (tertiary/aromatic N) is 2. The second kappa shape index (κ2) is 8.27. The van der Waals surface area contributed by atoms with Crippen molar-refractivity contribution in [2.75, 3.05) is 24.6 Å². The molecule has 110 valence electrons. The summed E-state index contributed by atoms with van der Waals surface area (Å²) in [5.74, 6) is 1.81. The minimum Gasteiger partial charge on any atom is -0.370 e. The number of hydrogen-bond donors (Lipinski definition) is 0. The third kappa shape index (κ3) is 4.80. The normalized spacial score (nSPS) is 19.1. The highest BCUT2D eigenvalue weighted by Gasteiger charge is 2.23. The van der Waals surface area contributed by atoms with E-state index >= 15 is 0 Å². The molecule has 1 aromatic heterocycles. The van der Waals surface area contributed by atoms with Gasteiger partial charge in [-0.3, -0.25) is 9.78 Å². The van der Waals surface area contributed by atoms with Crippen molar-refractivity contribution in [3.63, 3.8) is 0 Å². The van der Waals surface area contributed by atoms with Crippen LogP contribution in [0.3, 0.4) is 0 Å². The zero-order chi connectivity index (χ0) is 14.2. The molecule has 0 spiro atoms. The molecule has 0 N–H and O–H groups in total. The quantitative estimate of drug-likeness (QED) is 0.807. The molecule has 0 aromatic carbocycles. The number of hydrogen-bond acceptors (Lipinski definition) is 4. The number of rotatable bonds is 6. The molecule has 2 heterocycles. The molecule has 0 aliphatic carbocycles. The van der Waals surface area contributed by atoms with Gasteiger partial charge in [0.1, 0.15) is 0 Å². The molecule has 1 amide bonds. The Hall–Kier alpha value is -1.07. The molecule has 1 atom stereocenters.